The van der Waals surface area contributed by atoms with Crippen LogP contribution in [0.2, 0.25) is 0 Å². The molecule has 0 saturated heterocycles. The highest BCUT2D eigenvalue weighted by Crippen LogP contribution is 2.38. The van der Waals surface area contributed by atoms with Crippen LogP contribution in [0, 0.1) is 5.92 Å². The fraction of sp³-hybridized carbons (Fsp3) is 0.500. The zero-order valence-corrected chi connectivity index (χ0v) is 12.0. The first kappa shape index (κ1) is 13.3. The summed E-state index contributed by atoms with van der Waals surface area (Å²) in [5.41, 5.74) is 7.11. The van der Waals surface area contributed by atoms with Gasteiger partial charge in [-0.15, -0.1) is 0 Å². The Morgan fingerprint density at radius 1 is 1.20 bits per heavy atom. The second kappa shape index (κ2) is 5.02. The van der Waals surface area contributed by atoms with Gasteiger partial charge in [0.2, 0.25) is 5.89 Å². The predicted molar refractivity (Wildman–Crippen MR) is 77.1 cm³/mol. The van der Waals surface area contributed by atoms with Gasteiger partial charge in [-0.1, -0.05) is 49.3 Å². The van der Waals surface area contributed by atoms with Crippen molar-refractivity contribution >= 4 is 0 Å². The second-order valence-corrected chi connectivity index (χ2v) is 6.10. The molecule has 3 rings (SSSR count). The first-order valence-corrected chi connectivity index (χ1v) is 7.28. The van der Waals surface area contributed by atoms with Crippen LogP contribution >= 0.6 is 0 Å². The maximum Gasteiger partial charge on any atom is 0.234 e. The molecule has 0 bridgehead atoms. The van der Waals surface area contributed by atoms with E-state index in [0.29, 0.717) is 17.6 Å². The fourth-order valence-corrected chi connectivity index (χ4v) is 2.82. The van der Waals surface area contributed by atoms with Gasteiger partial charge < -0.3 is 10.3 Å². The molecule has 0 amide bonds. The van der Waals surface area contributed by atoms with Crippen LogP contribution in [0.4, 0.5) is 0 Å². The van der Waals surface area contributed by atoms with Gasteiger partial charge in [0.25, 0.3) is 0 Å². The summed E-state index contributed by atoms with van der Waals surface area (Å²) in [4.78, 5) is 4.60. The summed E-state index contributed by atoms with van der Waals surface area (Å²) in [6.45, 7) is 4.34. The van der Waals surface area contributed by atoms with Gasteiger partial charge in [-0.25, -0.2) is 0 Å². The number of nitrogens with zero attached hydrogens (tertiary/aromatic N) is 2. The highest BCUT2D eigenvalue weighted by molar-refractivity contribution is 5.25. The Hall–Kier alpha value is -1.68. The lowest BCUT2D eigenvalue weighted by Gasteiger charge is -2.34. The van der Waals surface area contributed by atoms with E-state index in [0.717, 1.165) is 19.3 Å². The SMILES string of the molecule is CC(C)C(c1ccccc1)c1nc(C2(N)CCC2)no1. The molecular weight excluding hydrogens is 250 g/mol. The molecule has 20 heavy (non-hydrogen) atoms. The first-order valence-electron chi connectivity index (χ1n) is 7.28. The van der Waals surface area contributed by atoms with Crippen molar-refractivity contribution in [3.05, 3.63) is 47.6 Å². The standard InChI is InChI=1S/C16H21N3O/c1-11(2)13(12-7-4-3-5-8-12)14-18-15(19-20-14)16(17)9-6-10-16/h3-5,7-8,11,13H,6,9-10,17H2,1-2H3. The molecule has 1 unspecified atom stereocenters. The zero-order valence-electron chi connectivity index (χ0n) is 12.0. The van der Waals surface area contributed by atoms with Gasteiger partial charge in [0.1, 0.15) is 0 Å². The molecule has 2 aromatic rings. The van der Waals surface area contributed by atoms with Crippen LogP contribution in [-0.2, 0) is 5.54 Å². The Labute approximate surface area is 119 Å². The van der Waals surface area contributed by atoms with Crippen molar-refractivity contribution in [2.75, 3.05) is 0 Å². The third-order valence-corrected chi connectivity index (χ3v) is 4.22. The molecule has 1 aliphatic carbocycles. The third-order valence-electron chi connectivity index (χ3n) is 4.22. The average Bonchev–Trinajstić information content (AvgIpc) is 2.87. The molecule has 2 N–H and O–H groups in total. The van der Waals surface area contributed by atoms with Gasteiger partial charge in [-0.3, -0.25) is 0 Å². The zero-order chi connectivity index (χ0) is 14.2. The molecule has 1 aromatic heterocycles. The first-order chi connectivity index (χ1) is 9.60. The largest absolute Gasteiger partial charge is 0.339 e. The van der Waals surface area contributed by atoms with Crippen LogP contribution in [-0.4, -0.2) is 10.1 Å². The lowest BCUT2D eigenvalue weighted by molar-refractivity contribution is 0.228. The van der Waals surface area contributed by atoms with Crippen LogP contribution in [0.3, 0.4) is 0 Å². The van der Waals surface area contributed by atoms with Crippen molar-refractivity contribution in [1.82, 2.24) is 10.1 Å². The normalized spacial score (nSPS) is 18.8. The molecule has 0 aliphatic heterocycles. The monoisotopic (exact) mass is 271 g/mol. The van der Waals surface area contributed by atoms with E-state index in [1.165, 1.54) is 5.56 Å². The van der Waals surface area contributed by atoms with E-state index in [2.05, 4.69) is 36.1 Å². The number of hydrogen-bond acceptors (Lipinski definition) is 4. The lowest BCUT2D eigenvalue weighted by atomic mass is 9.77. The molecule has 1 saturated carbocycles. The molecule has 1 aliphatic rings. The fourth-order valence-electron chi connectivity index (χ4n) is 2.82. The van der Waals surface area contributed by atoms with Gasteiger partial charge in [0.05, 0.1) is 11.5 Å². The van der Waals surface area contributed by atoms with Gasteiger partial charge in [-0.2, -0.15) is 4.98 Å². The smallest absolute Gasteiger partial charge is 0.234 e. The maximum absolute atomic E-state index is 6.27. The lowest BCUT2D eigenvalue weighted by Crippen LogP contribution is -2.44. The minimum Gasteiger partial charge on any atom is -0.339 e. The van der Waals surface area contributed by atoms with Gasteiger partial charge in [0.15, 0.2) is 5.82 Å². The Balaban J connectivity index is 1.93. The summed E-state index contributed by atoms with van der Waals surface area (Å²) in [7, 11) is 0. The Bertz CT molecular complexity index is 572. The van der Waals surface area contributed by atoms with E-state index in [1.807, 2.05) is 18.2 Å². The summed E-state index contributed by atoms with van der Waals surface area (Å²) >= 11 is 0. The van der Waals surface area contributed by atoms with E-state index < -0.39 is 0 Å². The van der Waals surface area contributed by atoms with Crippen molar-refractivity contribution in [2.45, 2.75) is 44.6 Å². The number of hydrogen-bond donors (Lipinski definition) is 1. The van der Waals surface area contributed by atoms with Gasteiger partial charge >= 0.3 is 0 Å². The van der Waals surface area contributed by atoms with Crippen LogP contribution in [0.1, 0.15) is 56.3 Å². The van der Waals surface area contributed by atoms with Crippen LogP contribution in [0.15, 0.2) is 34.9 Å². The number of benzene rings is 1. The maximum atomic E-state index is 6.27. The number of aromatic nitrogens is 2. The second-order valence-electron chi connectivity index (χ2n) is 6.10. The minimum absolute atomic E-state index is 0.126. The van der Waals surface area contributed by atoms with Crippen LogP contribution in [0.5, 0.6) is 0 Å². The average molecular weight is 271 g/mol. The van der Waals surface area contributed by atoms with E-state index in [4.69, 9.17) is 10.3 Å². The van der Waals surface area contributed by atoms with Crippen molar-refractivity contribution < 1.29 is 4.52 Å². The highest BCUT2D eigenvalue weighted by Gasteiger charge is 2.39. The molecule has 4 nitrogen and oxygen atoms in total. The Morgan fingerprint density at radius 2 is 1.90 bits per heavy atom. The van der Waals surface area contributed by atoms with Crippen molar-refractivity contribution in [3.8, 4) is 0 Å². The molecule has 1 atom stereocenters. The van der Waals surface area contributed by atoms with E-state index in [-0.39, 0.29) is 11.5 Å². The van der Waals surface area contributed by atoms with Crippen molar-refractivity contribution in [2.24, 2.45) is 11.7 Å². The van der Waals surface area contributed by atoms with E-state index in [1.54, 1.807) is 0 Å². The summed E-state index contributed by atoms with van der Waals surface area (Å²) in [6, 6.07) is 10.3. The van der Waals surface area contributed by atoms with Crippen molar-refractivity contribution in [3.63, 3.8) is 0 Å². The molecule has 1 fully saturated rings. The van der Waals surface area contributed by atoms with E-state index in [9.17, 15) is 0 Å². The van der Waals surface area contributed by atoms with Crippen molar-refractivity contribution in [1.29, 1.82) is 0 Å². The molecule has 0 radical (unpaired) electrons. The minimum atomic E-state index is -0.361. The summed E-state index contributed by atoms with van der Waals surface area (Å²) < 4.78 is 5.52. The number of nitrogens with two attached hydrogens (primary N) is 1. The van der Waals surface area contributed by atoms with Crippen LogP contribution < -0.4 is 5.73 Å². The third kappa shape index (κ3) is 2.24. The topological polar surface area (TPSA) is 64.9 Å². The quantitative estimate of drug-likeness (QED) is 0.927. The van der Waals surface area contributed by atoms with Crippen LogP contribution in [0.25, 0.3) is 0 Å². The molecule has 106 valence electrons. The molecular formula is C16H21N3O. The molecule has 1 aromatic carbocycles. The molecule has 4 heteroatoms. The predicted octanol–water partition coefficient (Wildman–Crippen LogP) is 3.20. The summed E-state index contributed by atoms with van der Waals surface area (Å²) in [6.07, 6.45) is 3.04. The molecule has 1 heterocycles. The Morgan fingerprint density at radius 3 is 2.45 bits per heavy atom. The van der Waals surface area contributed by atoms with Gasteiger partial charge in [0, 0.05) is 0 Å². The van der Waals surface area contributed by atoms with E-state index >= 15 is 0 Å². The number of rotatable bonds is 4. The molecule has 0 spiro atoms. The highest BCUT2D eigenvalue weighted by atomic mass is 16.5. The summed E-state index contributed by atoms with van der Waals surface area (Å²) in [5.74, 6) is 1.86. The Kier molecular flexibility index (Phi) is 3.34. The van der Waals surface area contributed by atoms with Gasteiger partial charge in [-0.05, 0) is 30.7 Å². The summed E-state index contributed by atoms with van der Waals surface area (Å²) in [5, 5.41) is 4.13.